The number of carbonyl (C=O) groups is 1. The SMILES string of the molecule is CC1=CC[C@@H]2C(C)(C)CCC[C@]2(C)[C@@H]1CC[C@@H](C)CC(=O)O. The molecular weight excluding hydrogens is 272 g/mol. The molecule has 2 aliphatic carbocycles. The van der Waals surface area contributed by atoms with Crippen LogP contribution in [0.1, 0.15) is 79.6 Å². The number of fused-ring (bicyclic) bond motifs is 1. The molecule has 0 amide bonds. The molecule has 0 unspecified atom stereocenters. The van der Waals surface area contributed by atoms with E-state index in [1.54, 1.807) is 5.57 Å². The first-order valence-corrected chi connectivity index (χ1v) is 9.05. The van der Waals surface area contributed by atoms with Crippen LogP contribution >= 0.6 is 0 Å². The van der Waals surface area contributed by atoms with Crippen molar-refractivity contribution >= 4 is 5.97 Å². The van der Waals surface area contributed by atoms with Crippen LogP contribution in [0.5, 0.6) is 0 Å². The van der Waals surface area contributed by atoms with Crippen LogP contribution in [-0.2, 0) is 4.79 Å². The zero-order valence-electron chi connectivity index (χ0n) is 15.1. The maximum Gasteiger partial charge on any atom is 0.303 e. The summed E-state index contributed by atoms with van der Waals surface area (Å²) in [5.41, 5.74) is 2.40. The Morgan fingerprint density at radius 3 is 2.68 bits per heavy atom. The standard InChI is InChI=1S/C20H34O2/c1-14(13-18(21)22)7-9-16-15(2)8-10-17-19(3,4)11-6-12-20(16,17)5/h8,14,16-17H,6-7,9-13H2,1-5H3,(H,21,22)/t14-,16-,17-,20-/m1/s1. The average Bonchev–Trinajstić information content (AvgIpc) is 2.35. The Bertz CT molecular complexity index is 449. The number of aliphatic carboxylic acids is 1. The second-order valence-electron chi connectivity index (χ2n) is 8.92. The molecule has 0 spiro atoms. The molecule has 4 atom stereocenters. The van der Waals surface area contributed by atoms with Crippen molar-refractivity contribution in [1.29, 1.82) is 0 Å². The number of allylic oxidation sites excluding steroid dienone is 2. The van der Waals surface area contributed by atoms with Gasteiger partial charge in [-0.1, -0.05) is 45.8 Å². The molecule has 2 heteroatoms. The molecule has 0 bridgehead atoms. The predicted octanol–water partition coefficient (Wildman–Crippen LogP) is 5.68. The van der Waals surface area contributed by atoms with E-state index in [2.05, 4.69) is 40.7 Å². The lowest BCUT2D eigenvalue weighted by Crippen LogP contribution is -2.48. The lowest BCUT2D eigenvalue weighted by molar-refractivity contribution is -0.138. The molecule has 0 aromatic heterocycles. The van der Waals surface area contributed by atoms with E-state index >= 15 is 0 Å². The van der Waals surface area contributed by atoms with Crippen molar-refractivity contribution in [3.05, 3.63) is 11.6 Å². The Hall–Kier alpha value is -0.790. The van der Waals surface area contributed by atoms with Crippen molar-refractivity contribution in [2.75, 3.05) is 0 Å². The Labute approximate surface area is 136 Å². The number of hydrogen-bond acceptors (Lipinski definition) is 1. The molecule has 2 rings (SSSR count). The molecule has 22 heavy (non-hydrogen) atoms. The molecule has 126 valence electrons. The first-order chi connectivity index (χ1) is 10.2. The third-order valence-corrected chi connectivity index (χ3v) is 6.77. The molecule has 2 nitrogen and oxygen atoms in total. The zero-order valence-corrected chi connectivity index (χ0v) is 15.1. The third kappa shape index (κ3) is 3.41. The summed E-state index contributed by atoms with van der Waals surface area (Å²) in [5, 5.41) is 8.97. The van der Waals surface area contributed by atoms with Crippen LogP contribution in [0, 0.1) is 28.6 Å². The van der Waals surface area contributed by atoms with Crippen LogP contribution < -0.4 is 0 Å². The van der Waals surface area contributed by atoms with Crippen LogP contribution in [0.3, 0.4) is 0 Å². The third-order valence-electron chi connectivity index (χ3n) is 6.77. The average molecular weight is 306 g/mol. The van der Waals surface area contributed by atoms with Gasteiger partial charge in [0.25, 0.3) is 0 Å². The van der Waals surface area contributed by atoms with E-state index in [1.165, 1.54) is 25.7 Å². The zero-order chi connectivity index (χ0) is 16.5. The first kappa shape index (κ1) is 17.6. The maximum atomic E-state index is 10.9. The van der Waals surface area contributed by atoms with Gasteiger partial charge in [-0.25, -0.2) is 0 Å². The summed E-state index contributed by atoms with van der Waals surface area (Å²) >= 11 is 0. The Morgan fingerprint density at radius 1 is 1.36 bits per heavy atom. The highest BCUT2D eigenvalue weighted by Gasteiger charge is 2.51. The summed E-state index contributed by atoms with van der Waals surface area (Å²) in [4.78, 5) is 10.9. The van der Waals surface area contributed by atoms with Gasteiger partial charge in [-0.2, -0.15) is 0 Å². The minimum absolute atomic E-state index is 0.283. The topological polar surface area (TPSA) is 37.3 Å². The van der Waals surface area contributed by atoms with Crippen molar-refractivity contribution < 1.29 is 9.90 Å². The van der Waals surface area contributed by atoms with Gasteiger partial charge in [-0.3, -0.25) is 4.79 Å². The van der Waals surface area contributed by atoms with Gasteiger partial charge in [0.1, 0.15) is 0 Å². The molecule has 0 aromatic carbocycles. The van der Waals surface area contributed by atoms with Gasteiger partial charge in [0, 0.05) is 6.42 Å². The molecule has 0 aliphatic heterocycles. The van der Waals surface area contributed by atoms with Gasteiger partial charge in [0.05, 0.1) is 0 Å². The molecule has 0 heterocycles. The highest BCUT2D eigenvalue weighted by Crippen LogP contribution is 2.60. The monoisotopic (exact) mass is 306 g/mol. The summed E-state index contributed by atoms with van der Waals surface area (Å²) in [5.74, 6) is 1.04. The lowest BCUT2D eigenvalue weighted by atomic mass is 9.48. The number of rotatable bonds is 5. The molecule has 1 N–H and O–H groups in total. The maximum absolute atomic E-state index is 10.9. The molecule has 0 saturated heterocycles. The van der Waals surface area contributed by atoms with Crippen molar-refractivity contribution in [1.82, 2.24) is 0 Å². The summed E-state index contributed by atoms with van der Waals surface area (Å²) in [6, 6.07) is 0. The second-order valence-corrected chi connectivity index (χ2v) is 8.92. The van der Waals surface area contributed by atoms with Crippen LogP contribution in [0.4, 0.5) is 0 Å². The van der Waals surface area contributed by atoms with Crippen LogP contribution in [0.25, 0.3) is 0 Å². The fraction of sp³-hybridized carbons (Fsp3) is 0.850. The smallest absolute Gasteiger partial charge is 0.303 e. The molecule has 0 radical (unpaired) electrons. The highest BCUT2D eigenvalue weighted by atomic mass is 16.4. The van der Waals surface area contributed by atoms with Crippen molar-refractivity contribution in [3.63, 3.8) is 0 Å². The molecular formula is C20H34O2. The lowest BCUT2D eigenvalue weighted by Gasteiger charge is -2.57. The van der Waals surface area contributed by atoms with Gasteiger partial charge in [-0.05, 0) is 67.6 Å². The Morgan fingerprint density at radius 2 is 2.05 bits per heavy atom. The van der Waals surface area contributed by atoms with E-state index in [4.69, 9.17) is 5.11 Å². The van der Waals surface area contributed by atoms with Gasteiger partial charge >= 0.3 is 5.97 Å². The van der Waals surface area contributed by atoms with E-state index in [9.17, 15) is 4.79 Å². The summed E-state index contributed by atoms with van der Waals surface area (Å²) < 4.78 is 0. The Balaban J connectivity index is 2.13. The fourth-order valence-corrected chi connectivity index (χ4v) is 5.55. The van der Waals surface area contributed by atoms with Gasteiger partial charge < -0.3 is 5.11 Å². The normalized spacial score (nSPS) is 35.4. The van der Waals surface area contributed by atoms with Gasteiger partial charge in [0.15, 0.2) is 0 Å². The predicted molar refractivity (Wildman–Crippen MR) is 91.7 cm³/mol. The number of hydrogen-bond donors (Lipinski definition) is 1. The van der Waals surface area contributed by atoms with Crippen molar-refractivity contribution in [3.8, 4) is 0 Å². The molecule has 0 aromatic rings. The van der Waals surface area contributed by atoms with E-state index in [-0.39, 0.29) is 5.92 Å². The van der Waals surface area contributed by atoms with Gasteiger partial charge in [-0.15, -0.1) is 0 Å². The minimum atomic E-state index is -0.661. The van der Waals surface area contributed by atoms with Crippen LogP contribution in [0.2, 0.25) is 0 Å². The minimum Gasteiger partial charge on any atom is -0.481 e. The summed E-state index contributed by atoms with van der Waals surface area (Å²) in [7, 11) is 0. The van der Waals surface area contributed by atoms with Gasteiger partial charge in [0.2, 0.25) is 0 Å². The van der Waals surface area contributed by atoms with Crippen molar-refractivity contribution in [2.24, 2.45) is 28.6 Å². The summed E-state index contributed by atoms with van der Waals surface area (Å²) in [6.45, 7) is 11.8. The van der Waals surface area contributed by atoms with E-state index < -0.39 is 5.97 Å². The number of carboxylic acids is 1. The van der Waals surface area contributed by atoms with E-state index in [0.717, 1.165) is 18.8 Å². The summed E-state index contributed by atoms with van der Waals surface area (Å²) in [6.07, 6.45) is 10.2. The molecule has 1 fully saturated rings. The van der Waals surface area contributed by atoms with E-state index in [1.807, 2.05) is 0 Å². The van der Waals surface area contributed by atoms with Crippen LogP contribution in [0.15, 0.2) is 11.6 Å². The first-order valence-electron chi connectivity index (χ1n) is 9.05. The largest absolute Gasteiger partial charge is 0.481 e. The molecule has 2 aliphatic rings. The quantitative estimate of drug-likeness (QED) is 0.664. The van der Waals surface area contributed by atoms with Crippen LogP contribution in [-0.4, -0.2) is 11.1 Å². The second kappa shape index (κ2) is 6.37. The Kier molecular flexibility index (Phi) is 5.09. The molecule has 1 saturated carbocycles. The fourth-order valence-electron chi connectivity index (χ4n) is 5.55. The van der Waals surface area contributed by atoms with E-state index in [0.29, 0.717) is 23.2 Å². The van der Waals surface area contributed by atoms with Crippen molar-refractivity contribution in [2.45, 2.75) is 79.6 Å². The number of carboxylic acid groups (broad SMARTS) is 1. The highest BCUT2D eigenvalue weighted by molar-refractivity contribution is 5.66.